The van der Waals surface area contributed by atoms with Crippen molar-refractivity contribution in [3.8, 4) is 17.2 Å². The van der Waals surface area contributed by atoms with E-state index >= 15 is 0 Å². The highest BCUT2D eigenvalue weighted by Crippen LogP contribution is 2.33. The lowest BCUT2D eigenvalue weighted by Gasteiger charge is -2.14. The summed E-state index contributed by atoms with van der Waals surface area (Å²) in [5, 5.41) is 0.210. The topological polar surface area (TPSA) is 84.9 Å². The van der Waals surface area contributed by atoms with E-state index in [1.165, 1.54) is 32.3 Å². The standard InChI is InChI=1S/C18H19ClF2N2O5S/c1-10(2)27-16-6-5-11(7-13(16)19)28-17-9-14(20)12(8-15(17)21)18(24)22-29(25,26)23(3)4/h5-10H,1-4H3,(H,22,24). The van der Waals surface area contributed by atoms with Crippen molar-refractivity contribution in [3.05, 3.63) is 52.6 Å². The van der Waals surface area contributed by atoms with Crippen LogP contribution in [0.3, 0.4) is 0 Å². The van der Waals surface area contributed by atoms with Crippen molar-refractivity contribution in [2.45, 2.75) is 20.0 Å². The maximum Gasteiger partial charge on any atom is 0.303 e. The molecule has 2 aromatic carbocycles. The molecule has 11 heteroatoms. The molecular formula is C18H19ClF2N2O5S. The van der Waals surface area contributed by atoms with Crippen molar-refractivity contribution in [3.63, 3.8) is 0 Å². The summed E-state index contributed by atoms with van der Waals surface area (Å²) in [5.41, 5.74) is -0.793. The first-order chi connectivity index (χ1) is 13.4. The summed E-state index contributed by atoms with van der Waals surface area (Å²) in [6.45, 7) is 3.64. The molecule has 0 aliphatic heterocycles. The molecule has 1 N–H and O–H groups in total. The predicted molar refractivity (Wildman–Crippen MR) is 104 cm³/mol. The third-order valence-corrected chi connectivity index (χ3v) is 5.16. The number of hydrogen-bond donors (Lipinski definition) is 1. The highest BCUT2D eigenvalue weighted by molar-refractivity contribution is 7.87. The molecular weight excluding hydrogens is 430 g/mol. The smallest absolute Gasteiger partial charge is 0.303 e. The van der Waals surface area contributed by atoms with Gasteiger partial charge in [0.05, 0.1) is 16.7 Å². The number of halogens is 3. The first kappa shape index (κ1) is 22.9. The van der Waals surface area contributed by atoms with Gasteiger partial charge in [-0.1, -0.05) is 11.6 Å². The molecule has 0 bridgehead atoms. The quantitative estimate of drug-likeness (QED) is 0.697. The lowest BCUT2D eigenvalue weighted by Crippen LogP contribution is -2.39. The van der Waals surface area contributed by atoms with E-state index in [0.29, 0.717) is 22.2 Å². The van der Waals surface area contributed by atoms with Crippen LogP contribution in [0.2, 0.25) is 5.02 Å². The summed E-state index contributed by atoms with van der Waals surface area (Å²) in [6, 6.07) is 5.51. The Morgan fingerprint density at radius 2 is 1.76 bits per heavy atom. The fourth-order valence-corrected chi connectivity index (χ4v) is 2.81. The average molecular weight is 449 g/mol. The Balaban J connectivity index is 2.26. The number of nitrogens with zero attached hydrogens (tertiary/aromatic N) is 1. The Bertz CT molecular complexity index is 1030. The van der Waals surface area contributed by atoms with Crippen molar-refractivity contribution in [2.24, 2.45) is 0 Å². The van der Waals surface area contributed by atoms with Gasteiger partial charge in [0.1, 0.15) is 17.3 Å². The molecule has 0 unspecified atom stereocenters. The summed E-state index contributed by atoms with van der Waals surface area (Å²) < 4.78 is 65.1. The first-order valence-electron chi connectivity index (χ1n) is 8.28. The molecule has 29 heavy (non-hydrogen) atoms. The van der Waals surface area contributed by atoms with Gasteiger partial charge in [-0.05, 0) is 32.0 Å². The van der Waals surface area contributed by atoms with Crippen molar-refractivity contribution >= 4 is 27.7 Å². The van der Waals surface area contributed by atoms with Crippen molar-refractivity contribution < 1.29 is 31.5 Å². The molecule has 0 aliphatic rings. The number of benzene rings is 2. The van der Waals surface area contributed by atoms with Crippen LogP contribution in [-0.2, 0) is 10.2 Å². The number of amides is 1. The number of nitrogens with one attached hydrogen (secondary N) is 1. The van der Waals surface area contributed by atoms with Crippen LogP contribution in [0.15, 0.2) is 30.3 Å². The molecule has 0 atom stereocenters. The second-order valence-corrected chi connectivity index (χ2v) is 8.63. The normalized spacial score (nSPS) is 11.6. The van der Waals surface area contributed by atoms with Crippen LogP contribution in [0.25, 0.3) is 0 Å². The van der Waals surface area contributed by atoms with E-state index in [9.17, 15) is 22.0 Å². The maximum absolute atomic E-state index is 14.3. The van der Waals surface area contributed by atoms with E-state index in [4.69, 9.17) is 21.1 Å². The number of rotatable bonds is 7. The summed E-state index contributed by atoms with van der Waals surface area (Å²) in [7, 11) is -1.82. The molecule has 2 rings (SSSR count). The van der Waals surface area contributed by atoms with Crippen molar-refractivity contribution in [1.29, 1.82) is 0 Å². The van der Waals surface area contributed by atoms with Gasteiger partial charge >= 0.3 is 10.2 Å². The van der Waals surface area contributed by atoms with Crippen molar-refractivity contribution in [2.75, 3.05) is 14.1 Å². The largest absolute Gasteiger partial charge is 0.489 e. The molecule has 0 saturated carbocycles. The van der Waals surface area contributed by atoms with Crippen LogP contribution in [-0.4, -0.2) is 38.8 Å². The minimum atomic E-state index is -4.16. The van der Waals surface area contributed by atoms with E-state index in [0.717, 1.165) is 0 Å². The van der Waals surface area contributed by atoms with Crippen LogP contribution in [0.4, 0.5) is 8.78 Å². The third kappa shape index (κ3) is 5.78. The fourth-order valence-electron chi connectivity index (χ4n) is 2.07. The Labute approximate surface area is 172 Å². The molecule has 158 valence electrons. The summed E-state index contributed by atoms with van der Waals surface area (Å²) in [4.78, 5) is 12.0. The van der Waals surface area contributed by atoms with E-state index in [-0.39, 0.29) is 16.9 Å². The summed E-state index contributed by atoms with van der Waals surface area (Å²) >= 11 is 6.08. The van der Waals surface area contributed by atoms with Crippen LogP contribution in [0.1, 0.15) is 24.2 Å². The van der Waals surface area contributed by atoms with Gasteiger partial charge in [0.2, 0.25) is 0 Å². The Kier molecular flexibility index (Phi) is 7.04. The number of hydrogen-bond acceptors (Lipinski definition) is 5. The second kappa shape index (κ2) is 8.93. The minimum Gasteiger partial charge on any atom is -0.489 e. The van der Waals surface area contributed by atoms with Crippen LogP contribution < -0.4 is 14.2 Å². The number of ether oxygens (including phenoxy) is 2. The zero-order chi connectivity index (χ0) is 21.9. The van der Waals surface area contributed by atoms with Gasteiger partial charge in [-0.2, -0.15) is 12.7 Å². The first-order valence-corrected chi connectivity index (χ1v) is 10.1. The lowest BCUT2D eigenvalue weighted by atomic mass is 10.2. The van der Waals surface area contributed by atoms with E-state index < -0.39 is 39.1 Å². The van der Waals surface area contributed by atoms with Gasteiger partial charge in [-0.3, -0.25) is 4.79 Å². The van der Waals surface area contributed by atoms with E-state index in [1.807, 2.05) is 13.8 Å². The van der Waals surface area contributed by atoms with Crippen LogP contribution in [0.5, 0.6) is 17.2 Å². The maximum atomic E-state index is 14.3. The molecule has 1 amide bonds. The lowest BCUT2D eigenvalue weighted by molar-refractivity contribution is 0.0975. The predicted octanol–water partition coefficient (Wildman–Crippen LogP) is 3.73. The van der Waals surface area contributed by atoms with Crippen LogP contribution in [0, 0.1) is 11.6 Å². The van der Waals surface area contributed by atoms with Crippen molar-refractivity contribution in [1.82, 2.24) is 9.03 Å². The third-order valence-electron chi connectivity index (χ3n) is 3.46. The van der Waals surface area contributed by atoms with Gasteiger partial charge < -0.3 is 9.47 Å². The Hall–Kier alpha value is -2.43. The minimum absolute atomic E-state index is 0.108. The Morgan fingerprint density at radius 1 is 1.10 bits per heavy atom. The average Bonchev–Trinajstić information content (AvgIpc) is 2.59. The monoisotopic (exact) mass is 448 g/mol. The van der Waals surface area contributed by atoms with Gasteiger partial charge in [0.25, 0.3) is 5.91 Å². The van der Waals surface area contributed by atoms with Gasteiger partial charge in [0.15, 0.2) is 11.6 Å². The highest BCUT2D eigenvalue weighted by Gasteiger charge is 2.23. The molecule has 0 aromatic heterocycles. The fraction of sp³-hybridized carbons (Fsp3) is 0.278. The van der Waals surface area contributed by atoms with Gasteiger partial charge in [-0.15, -0.1) is 0 Å². The highest BCUT2D eigenvalue weighted by atomic mass is 35.5. The molecule has 0 radical (unpaired) electrons. The molecule has 2 aromatic rings. The Morgan fingerprint density at radius 3 is 2.31 bits per heavy atom. The molecule has 0 saturated heterocycles. The summed E-state index contributed by atoms with van der Waals surface area (Å²) in [6.07, 6.45) is -0.110. The SMILES string of the molecule is CC(C)Oc1ccc(Oc2cc(F)c(C(=O)NS(=O)(=O)N(C)C)cc2F)cc1Cl. The molecule has 0 fully saturated rings. The number of carbonyl (C=O) groups excluding carboxylic acids is 1. The molecule has 7 nitrogen and oxygen atoms in total. The van der Waals surface area contributed by atoms with Gasteiger partial charge in [-0.25, -0.2) is 13.5 Å². The number of carbonyl (C=O) groups is 1. The van der Waals surface area contributed by atoms with E-state index in [2.05, 4.69) is 0 Å². The summed E-state index contributed by atoms with van der Waals surface area (Å²) in [5.74, 6) is -3.56. The zero-order valence-corrected chi connectivity index (χ0v) is 17.6. The molecule has 0 aliphatic carbocycles. The van der Waals surface area contributed by atoms with E-state index in [1.54, 1.807) is 4.72 Å². The molecule has 0 heterocycles. The zero-order valence-electron chi connectivity index (χ0n) is 16.0. The molecule has 0 spiro atoms. The van der Waals surface area contributed by atoms with Crippen LogP contribution >= 0.6 is 11.6 Å². The van der Waals surface area contributed by atoms with Gasteiger partial charge in [0, 0.05) is 26.2 Å². The second-order valence-electron chi connectivity index (χ2n) is 6.34.